The van der Waals surface area contributed by atoms with E-state index in [9.17, 15) is 4.79 Å². The largest absolute Gasteiger partial charge is 0.444 e. The lowest BCUT2D eigenvalue weighted by Crippen LogP contribution is -2.55. The Kier molecular flexibility index (Phi) is 4.76. The smallest absolute Gasteiger partial charge is 0.410 e. The standard InChI is InChI=1S/C15H22BrN3O2/c1-11-10-18(13-7-5-6-12(16)17-13)8-9-19(11)14(20)21-15(2,3)4/h5-7,11H,8-10H2,1-4H3. The Labute approximate surface area is 134 Å². The number of ether oxygens (including phenoxy) is 1. The van der Waals surface area contributed by atoms with Gasteiger partial charge in [0.25, 0.3) is 0 Å². The zero-order valence-electron chi connectivity index (χ0n) is 13.0. The highest BCUT2D eigenvalue weighted by Gasteiger charge is 2.31. The molecule has 1 aromatic heterocycles. The Morgan fingerprint density at radius 2 is 2.10 bits per heavy atom. The summed E-state index contributed by atoms with van der Waals surface area (Å²) in [5, 5.41) is 0. The molecule has 1 unspecified atom stereocenters. The van der Waals surface area contributed by atoms with Crippen LogP contribution in [0, 0.1) is 0 Å². The van der Waals surface area contributed by atoms with Crippen molar-refractivity contribution < 1.29 is 9.53 Å². The summed E-state index contributed by atoms with van der Waals surface area (Å²) < 4.78 is 6.27. The zero-order valence-corrected chi connectivity index (χ0v) is 14.6. The average Bonchev–Trinajstić information content (AvgIpc) is 2.36. The van der Waals surface area contributed by atoms with E-state index in [1.807, 2.05) is 45.9 Å². The van der Waals surface area contributed by atoms with Crippen molar-refractivity contribution in [1.82, 2.24) is 9.88 Å². The van der Waals surface area contributed by atoms with Crippen LogP contribution in [0.2, 0.25) is 0 Å². The molecule has 1 saturated heterocycles. The molecule has 0 radical (unpaired) electrons. The van der Waals surface area contributed by atoms with E-state index in [2.05, 4.69) is 25.8 Å². The Balaban J connectivity index is 2.01. The zero-order chi connectivity index (χ0) is 15.6. The number of pyridine rings is 1. The molecule has 0 saturated carbocycles. The predicted octanol–water partition coefficient (Wildman–Crippen LogP) is 3.29. The van der Waals surface area contributed by atoms with Crippen molar-refractivity contribution in [3.63, 3.8) is 0 Å². The fourth-order valence-corrected chi connectivity index (χ4v) is 2.67. The summed E-state index contributed by atoms with van der Waals surface area (Å²) in [6.07, 6.45) is -0.239. The summed E-state index contributed by atoms with van der Waals surface area (Å²) in [5.41, 5.74) is -0.459. The van der Waals surface area contributed by atoms with Gasteiger partial charge in [-0.1, -0.05) is 6.07 Å². The molecule has 2 rings (SSSR count). The third-order valence-corrected chi connectivity index (χ3v) is 3.72. The van der Waals surface area contributed by atoms with Crippen LogP contribution in [0.1, 0.15) is 27.7 Å². The number of nitrogens with zero attached hydrogens (tertiary/aromatic N) is 3. The lowest BCUT2D eigenvalue weighted by molar-refractivity contribution is 0.0158. The minimum absolute atomic E-state index is 0.0920. The molecule has 1 atom stereocenters. The lowest BCUT2D eigenvalue weighted by atomic mass is 10.2. The number of piperazine rings is 1. The summed E-state index contributed by atoms with van der Waals surface area (Å²) in [4.78, 5) is 20.6. The van der Waals surface area contributed by atoms with Gasteiger partial charge in [-0.25, -0.2) is 9.78 Å². The molecular formula is C15H22BrN3O2. The molecule has 0 bridgehead atoms. The van der Waals surface area contributed by atoms with Gasteiger partial charge in [-0.2, -0.15) is 0 Å². The first-order valence-electron chi connectivity index (χ1n) is 7.13. The SMILES string of the molecule is CC1CN(c2cccc(Br)n2)CCN1C(=O)OC(C)(C)C. The van der Waals surface area contributed by atoms with Crippen molar-refractivity contribution >= 4 is 27.8 Å². The van der Waals surface area contributed by atoms with Crippen molar-refractivity contribution in [3.05, 3.63) is 22.8 Å². The van der Waals surface area contributed by atoms with Crippen molar-refractivity contribution in [3.8, 4) is 0 Å². The number of hydrogen-bond acceptors (Lipinski definition) is 4. The molecule has 116 valence electrons. The van der Waals surface area contributed by atoms with E-state index in [0.29, 0.717) is 6.54 Å². The van der Waals surface area contributed by atoms with Crippen LogP contribution >= 0.6 is 15.9 Å². The van der Waals surface area contributed by atoms with E-state index in [-0.39, 0.29) is 12.1 Å². The summed E-state index contributed by atoms with van der Waals surface area (Å²) in [6.45, 7) is 9.85. The van der Waals surface area contributed by atoms with Crippen LogP contribution in [0.25, 0.3) is 0 Å². The van der Waals surface area contributed by atoms with Gasteiger partial charge in [-0.15, -0.1) is 0 Å². The van der Waals surface area contributed by atoms with Crippen LogP contribution in [-0.2, 0) is 4.74 Å². The van der Waals surface area contributed by atoms with Gasteiger partial charge in [0.1, 0.15) is 16.0 Å². The highest BCUT2D eigenvalue weighted by Crippen LogP contribution is 2.20. The molecule has 0 aromatic carbocycles. The van der Waals surface area contributed by atoms with Crippen molar-refractivity contribution in [2.45, 2.75) is 39.3 Å². The van der Waals surface area contributed by atoms with Gasteiger partial charge in [0.15, 0.2) is 0 Å². The molecule has 6 heteroatoms. The summed E-state index contributed by atoms with van der Waals surface area (Å²) >= 11 is 3.39. The second-order valence-electron chi connectivity index (χ2n) is 6.29. The van der Waals surface area contributed by atoms with Crippen molar-refractivity contribution in [2.75, 3.05) is 24.5 Å². The van der Waals surface area contributed by atoms with E-state index >= 15 is 0 Å². The number of rotatable bonds is 1. The number of amides is 1. The lowest BCUT2D eigenvalue weighted by Gasteiger charge is -2.40. The van der Waals surface area contributed by atoms with Crippen molar-refractivity contribution in [1.29, 1.82) is 0 Å². The molecule has 21 heavy (non-hydrogen) atoms. The van der Waals surface area contributed by atoms with Gasteiger partial charge in [-0.05, 0) is 55.8 Å². The predicted molar refractivity (Wildman–Crippen MR) is 86.6 cm³/mol. The maximum Gasteiger partial charge on any atom is 0.410 e. The van der Waals surface area contributed by atoms with Crippen molar-refractivity contribution in [2.24, 2.45) is 0 Å². The number of aromatic nitrogens is 1. The molecule has 1 aliphatic rings. The molecule has 1 fully saturated rings. The van der Waals surface area contributed by atoms with Crippen LogP contribution in [0.15, 0.2) is 22.8 Å². The van der Waals surface area contributed by atoms with Crippen LogP contribution in [0.5, 0.6) is 0 Å². The Hall–Kier alpha value is -1.30. The molecular weight excluding hydrogens is 334 g/mol. The molecule has 5 nitrogen and oxygen atoms in total. The third-order valence-electron chi connectivity index (χ3n) is 3.28. The molecule has 0 aliphatic carbocycles. The normalized spacial score (nSPS) is 19.6. The number of halogens is 1. The first-order valence-corrected chi connectivity index (χ1v) is 7.93. The molecule has 1 amide bonds. The van der Waals surface area contributed by atoms with Crippen LogP contribution in [0.3, 0.4) is 0 Å². The van der Waals surface area contributed by atoms with Crippen LogP contribution in [-0.4, -0.2) is 47.3 Å². The maximum atomic E-state index is 12.2. The monoisotopic (exact) mass is 355 g/mol. The number of anilines is 1. The molecule has 0 N–H and O–H groups in total. The number of hydrogen-bond donors (Lipinski definition) is 0. The second kappa shape index (κ2) is 6.22. The highest BCUT2D eigenvalue weighted by molar-refractivity contribution is 9.10. The number of carbonyl (C=O) groups is 1. The van der Waals surface area contributed by atoms with E-state index in [1.54, 1.807) is 4.90 Å². The Morgan fingerprint density at radius 3 is 2.67 bits per heavy atom. The van der Waals surface area contributed by atoms with Gasteiger partial charge in [-0.3, -0.25) is 0 Å². The summed E-state index contributed by atoms with van der Waals surface area (Å²) in [6, 6.07) is 5.95. The van der Waals surface area contributed by atoms with Gasteiger partial charge >= 0.3 is 6.09 Å². The van der Waals surface area contributed by atoms with Gasteiger partial charge < -0.3 is 14.5 Å². The summed E-state index contributed by atoms with van der Waals surface area (Å²) in [5.74, 6) is 0.931. The minimum Gasteiger partial charge on any atom is -0.444 e. The molecule has 0 spiro atoms. The van der Waals surface area contributed by atoms with E-state index in [4.69, 9.17) is 4.74 Å². The molecule has 2 heterocycles. The number of carbonyl (C=O) groups excluding carboxylic acids is 1. The van der Waals surface area contributed by atoms with E-state index < -0.39 is 5.60 Å². The van der Waals surface area contributed by atoms with Gasteiger partial charge in [0.05, 0.1) is 0 Å². The Morgan fingerprint density at radius 1 is 1.38 bits per heavy atom. The topological polar surface area (TPSA) is 45.7 Å². The first-order chi connectivity index (χ1) is 9.76. The third kappa shape index (κ3) is 4.33. The highest BCUT2D eigenvalue weighted by atomic mass is 79.9. The van der Waals surface area contributed by atoms with E-state index in [0.717, 1.165) is 23.5 Å². The fraction of sp³-hybridized carbons (Fsp3) is 0.600. The quantitative estimate of drug-likeness (QED) is 0.725. The van der Waals surface area contributed by atoms with Crippen LogP contribution in [0.4, 0.5) is 10.6 Å². The molecule has 1 aromatic rings. The Bertz CT molecular complexity index is 516. The second-order valence-corrected chi connectivity index (χ2v) is 7.10. The fourth-order valence-electron chi connectivity index (χ4n) is 2.33. The molecule has 1 aliphatic heterocycles. The minimum atomic E-state index is -0.459. The first kappa shape index (κ1) is 16.1. The average molecular weight is 356 g/mol. The van der Waals surface area contributed by atoms with Gasteiger partial charge in [0, 0.05) is 25.7 Å². The van der Waals surface area contributed by atoms with Gasteiger partial charge in [0.2, 0.25) is 0 Å². The maximum absolute atomic E-state index is 12.2. The summed E-state index contributed by atoms with van der Waals surface area (Å²) in [7, 11) is 0. The van der Waals surface area contributed by atoms with Crippen LogP contribution < -0.4 is 4.90 Å². The van der Waals surface area contributed by atoms with E-state index in [1.165, 1.54) is 0 Å².